The molecule has 1 amide bonds. The van der Waals surface area contributed by atoms with Gasteiger partial charge >= 0.3 is 0 Å². The lowest BCUT2D eigenvalue weighted by Gasteiger charge is -2.35. The zero-order valence-electron chi connectivity index (χ0n) is 10.2. The Bertz CT molecular complexity index is 636. The van der Waals surface area contributed by atoms with Gasteiger partial charge in [-0.25, -0.2) is 0 Å². The maximum absolute atomic E-state index is 12.2. The number of hydrogen-bond donors (Lipinski definition) is 1. The first-order valence-electron chi connectivity index (χ1n) is 6.06. The molecule has 2 heterocycles. The van der Waals surface area contributed by atoms with Crippen LogP contribution in [0.25, 0.3) is 11.1 Å². The van der Waals surface area contributed by atoms with Gasteiger partial charge in [-0.15, -0.1) is 0 Å². The molecule has 1 aliphatic heterocycles. The van der Waals surface area contributed by atoms with E-state index < -0.39 is 0 Å². The Balaban J connectivity index is 1.81. The van der Waals surface area contributed by atoms with Crippen LogP contribution in [0.3, 0.4) is 0 Å². The zero-order chi connectivity index (χ0) is 13.2. The molecule has 19 heavy (non-hydrogen) atoms. The number of H-pyrrole nitrogens is 1. The topological polar surface area (TPSA) is 72.8 Å². The van der Waals surface area contributed by atoms with Crippen molar-refractivity contribution in [3.63, 3.8) is 0 Å². The van der Waals surface area contributed by atoms with E-state index in [9.17, 15) is 4.79 Å². The van der Waals surface area contributed by atoms with E-state index in [4.69, 9.17) is 5.26 Å². The molecule has 0 aliphatic carbocycles. The molecule has 0 radical (unpaired) electrons. The number of benzene rings is 1. The van der Waals surface area contributed by atoms with Crippen LogP contribution in [0.2, 0.25) is 0 Å². The van der Waals surface area contributed by atoms with E-state index in [1.807, 2.05) is 18.2 Å². The molecule has 0 atom stereocenters. The lowest BCUT2D eigenvalue weighted by Crippen LogP contribution is -2.49. The molecule has 1 fully saturated rings. The quantitative estimate of drug-likeness (QED) is 0.883. The number of aromatic amines is 1. The van der Waals surface area contributed by atoms with Gasteiger partial charge in [-0.2, -0.15) is 10.4 Å². The minimum Gasteiger partial charge on any atom is -0.336 e. The fraction of sp³-hybridized carbons (Fsp3) is 0.214. The SMILES string of the molecule is N#CC1CN(C(=O)c2cccc(-c3cn[nH]c3)c2)C1. The van der Waals surface area contributed by atoms with Crippen molar-refractivity contribution in [2.24, 2.45) is 5.92 Å². The molecule has 5 nitrogen and oxygen atoms in total. The number of amides is 1. The van der Waals surface area contributed by atoms with Gasteiger partial charge in [0, 0.05) is 30.4 Å². The highest BCUT2D eigenvalue weighted by atomic mass is 16.2. The Kier molecular flexibility index (Phi) is 2.76. The van der Waals surface area contributed by atoms with Gasteiger partial charge in [0.25, 0.3) is 5.91 Å². The maximum atomic E-state index is 12.2. The first kappa shape index (κ1) is 11.5. The minimum absolute atomic E-state index is 0.0130. The summed E-state index contributed by atoms with van der Waals surface area (Å²) in [5, 5.41) is 15.4. The third-order valence-corrected chi connectivity index (χ3v) is 3.29. The highest BCUT2D eigenvalue weighted by molar-refractivity contribution is 5.96. The van der Waals surface area contributed by atoms with E-state index in [1.54, 1.807) is 23.4 Å². The highest BCUT2D eigenvalue weighted by Crippen LogP contribution is 2.22. The molecule has 3 rings (SSSR count). The minimum atomic E-state index is -0.0168. The van der Waals surface area contributed by atoms with Crippen LogP contribution in [0.15, 0.2) is 36.7 Å². The molecule has 0 unspecified atom stereocenters. The molecule has 1 aromatic carbocycles. The fourth-order valence-electron chi connectivity index (χ4n) is 2.15. The first-order chi connectivity index (χ1) is 9.28. The smallest absolute Gasteiger partial charge is 0.253 e. The van der Waals surface area contributed by atoms with Crippen LogP contribution in [0.5, 0.6) is 0 Å². The van der Waals surface area contributed by atoms with Crippen molar-refractivity contribution in [1.29, 1.82) is 5.26 Å². The van der Waals surface area contributed by atoms with Crippen molar-refractivity contribution in [2.45, 2.75) is 0 Å². The molecule has 0 bridgehead atoms. The molecule has 1 saturated heterocycles. The highest BCUT2D eigenvalue weighted by Gasteiger charge is 2.30. The number of rotatable bonds is 2. The van der Waals surface area contributed by atoms with Crippen molar-refractivity contribution in [2.75, 3.05) is 13.1 Å². The maximum Gasteiger partial charge on any atom is 0.253 e. The van der Waals surface area contributed by atoms with Gasteiger partial charge in [0.05, 0.1) is 18.2 Å². The fourth-order valence-corrected chi connectivity index (χ4v) is 2.15. The van der Waals surface area contributed by atoms with Crippen molar-refractivity contribution in [1.82, 2.24) is 15.1 Å². The number of hydrogen-bond acceptors (Lipinski definition) is 3. The average Bonchev–Trinajstić information content (AvgIpc) is 2.91. The molecule has 94 valence electrons. The monoisotopic (exact) mass is 252 g/mol. The second kappa shape index (κ2) is 4.58. The van der Waals surface area contributed by atoms with Gasteiger partial charge in [0.1, 0.15) is 0 Å². The van der Waals surface area contributed by atoms with Crippen molar-refractivity contribution in [3.8, 4) is 17.2 Å². The van der Waals surface area contributed by atoms with Crippen molar-refractivity contribution < 1.29 is 4.79 Å². The number of carbonyl (C=O) groups is 1. The van der Waals surface area contributed by atoms with Crippen LogP contribution >= 0.6 is 0 Å². The Morgan fingerprint density at radius 2 is 2.26 bits per heavy atom. The van der Waals surface area contributed by atoms with E-state index in [2.05, 4.69) is 16.3 Å². The van der Waals surface area contributed by atoms with Crippen LogP contribution in [-0.2, 0) is 0 Å². The van der Waals surface area contributed by atoms with E-state index >= 15 is 0 Å². The Morgan fingerprint density at radius 3 is 2.95 bits per heavy atom. The lowest BCUT2D eigenvalue weighted by atomic mass is 9.99. The largest absolute Gasteiger partial charge is 0.336 e. The van der Waals surface area contributed by atoms with Gasteiger partial charge in [-0.1, -0.05) is 12.1 Å². The van der Waals surface area contributed by atoms with Gasteiger partial charge in [-0.3, -0.25) is 9.89 Å². The Labute approximate surface area is 110 Å². The van der Waals surface area contributed by atoms with E-state index in [-0.39, 0.29) is 11.8 Å². The summed E-state index contributed by atoms with van der Waals surface area (Å²) in [6.07, 6.45) is 3.51. The average molecular weight is 252 g/mol. The van der Waals surface area contributed by atoms with Gasteiger partial charge < -0.3 is 4.90 Å². The van der Waals surface area contributed by atoms with Crippen molar-refractivity contribution >= 4 is 5.91 Å². The van der Waals surface area contributed by atoms with Gasteiger partial charge in [0.2, 0.25) is 0 Å². The van der Waals surface area contributed by atoms with Crippen LogP contribution in [0.4, 0.5) is 0 Å². The van der Waals surface area contributed by atoms with Crippen molar-refractivity contribution in [3.05, 3.63) is 42.2 Å². The lowest BCUT2D eigenvalue weighted by molar-refractivity contribution is 0.0577. The molecule has 1 aliphatic rings. The molecule has 5 heteroatoms. The molecular weight excluding hydrogens is 240 g/mol. The van der Waals surface area contributed by atoms with E-state index in [0.717, 1.165) is 11.1 Å². The summed E-state index contributed by atoms with van der Waals surface area (Å²) in [6.45, 7) is 1.07. The number of likely N-dealkylation sites (tertiary alicyclic amines) is 1. The molecule has 0 spiro atoms. The molecule has 1 aromatic heterocycles. The predicted molar refractivity (Wildman–Crippen MR) is 69.0 cm³/mol. The summed E-state index contributed by atoms with van der Waals surface area (Å²) < 4.78 is 0. The number of nitrogens with one attached hydrogen (secondary N) is 1. The standard InChI is InChI=1S/C14H12N4O/c15-5-10-8-18(9-10)14(19)12-3-1-2-11(4-12)13-6-16-17-7-13/h1-4,6-7,10H,8-9H2,(H,16,17). The predicted octanol–water partition coefficient (Wildman–Crippen LogP) is 1.67. The second-order valence-corrected chi connectivity index (χ2v) is 4.60. The zero-order valence-corrected chi connectivity index (χ0v) is 10.2. The summed E-state index contributed by atoms with van der Waals surface area (Å²) in [5.41, 5.74) is 2.56. The number of nitrogens with zero attached hydrogens (tertiary/aromatic N) is 3. The van der Waals surface area contributed by atoms with E-state index in [1.165, 1.54) is 0 Å². The summed E-state index contributed by atoms with van der Waals surface area (Å²) in [4.78, 5) is 13.9. The van der Waals surface area contributed by atoms with Crippen LogP contribution in [0, 0.1) is 17.2 Å². The van der Waals surface area contributed by atoms with Gasteiger partial charge in [0.15, 0.2) is 0 Å². The van der Waals surface area contributed by atoms with E-state index in [0.29, 0.717) is 18.7 Å². The summed E-state index contributed by atoms with van der Waals surface area (Å²) in [6, 6.07) is 9.62. The number of aromatic nitrogens is 2. The third-order valence-electron chi connectivity index (χ3n) is 3.29. The summed E-state index contributed by atoms with van der Waals surface area (Å²) in [7, 11) is 0. The second-order valence-electron chi connectivity index (χ2n) is 4.60. The molecule has 1 N–H and O–H groups in total. The first-order valence-corrected chi connectivity index (χ1v) is 6.06. The Morgan fingerprint density at radius 1 is 1.42 bits per heavy atom. The molecular formula is C14H12N4O. The van der Waals surface area contributed by atoms with Crippen LogP contribution < -0.4 is 0 Å². The van der Waals surface area contributed by atoms with Crippen LogP contribution in [-0.4, -0.2) is 34.1 Å². The third kappa shape index (κ3) is 2.08. The number of nitriles is 1. The van der Waals surface area contributed by atoms with Gasteiger partial charge in [-0.05, 0) is 17.7 Å². The summed E-state index contributed by atoms with van der Waals surface area (Å²) >= 11 is 0. The molecule has 2 aromatic rings. The number of carbonyl (C=O) groups excluding carboxylic acids is 1. The Hall–Kier alpha value is -2.61. The normalized spacial score (nSPS) is 14.8. The molecule has 0 saturated carbocycles. The van der Waals surface area contributed by atoms with Crippen LogP contribution in [0.1, 0.15) is 10.4 Å². The summed E-state index contributed by atoms with van der Waals surface area (Å²) in [5.74, 6) is -0.0298.